The predicted octanol–water partition coefficient (Wildman–Crippen LogP) is -1.36. The van der Waals surface area contributed by atoms with E-state index >= 15 is 0 Å². The maximum Gasteiger partial charge on any atom is 1.00 e. The molecule has 1 saturated heterocycles. The predicted molar refractivity (Wildman–Crippen MR) is 85.3 cm³/mol. The van der Waals surface area contributed by atoms with E-state index in [1.54, 1.807) is 0 Å². The summed E-state index contributed by atoms with van der Waals surface area (Å²) in [7, 11) is 0. The van der Waals surface area contributed by atoms with Crippen LogP contribution in [0.1, 0.15) is 37.7 Å². The first kappa shape index (κ1) is 20.1. The van der Waals surface area contributed by atoms with Gasteiger partial charge in [-0.25, -0.2) is 0 Å². The maximum absolute atomic E-state index is 12.5. The van der Waals surface area contributed by atoms with Crippen molar-refractivity contribution in [3.05, 3.63) is 35.9 Å². The third-order valence-electron chi connectivity index (χ3n) is 5.41. The van der Waals surface area contributed by atoms with Crippen LogP contribution < -0.4 is 56.5 Å². The number of aliphatic carboxylic acids is 1. The van der Waals surface area contributed by atoms with E-state index in [2.05, 4.69) is 0 Å². The molecule has 5 heteroatoms. The molecule has 1 aliphatic carbocycles. The Morgan fingerprint density at radius 1 is 1.08 bits per heavy atom. The Bertz CT molecular complexity index is 549. The van der Waals surface area contributed by atoms with Gasteiger partial charge in [-0.05, 0) is 36.7 Å². The van der Waals surface area contributed by atoms with E-state index in [4.69, 9.17) is 0 Å². The third kappa shape index (κ3) is 5.15. The van der Waals surface area contributed by atoms with Gasteiger partial charge in [-0.3, -0.25) is 4.79 Å². The number of hydrogen-bond acceptors (Lipinski definition) is 3. The molecule has 0 radical (unpaired) electrons. The topological polar surface area (TPSA) is 60.4 Å². The van der Waals surface area contributed by atoms with E-state index in [0.717, 1.165) is 18.7 Å². The van der Waals surface area contributed by atoms with Gasteiger partial charge in [0.1, 0.15) is 0 Å². The first-order valence-corrected chi connectivity index (χ1v) is 8.66. The quantitative estimate of drug-likeness (QED) is 0.614. The molecule has 1 aromatic rings. The van der Waals surface area contributed by atoms with Crippen LogP contribution in [0.5, 0.6) is 0 Å². The van der Waals surface area contributed by atoms with Crippen LogP contribution in [-0.4, -0.2) is 29.9 Å². The monoisotopic (exact) mass is 353 g/mol. The summed E-state index contributed by atoms with van der Waals surface area (Å²) in [5, 5.41) is 11.4. The normalized spacial score (nSPS) is 23.9. The zero-order valence-electron chi connectivity index (χ0n) is 14.4. The van der Waals surface area contributed by atoms with Gasteiger partial charge in [-0.2, -0.15) is 0 Å². The second-order valence-electron chi connectivity index (χ2n) is 7.01. The Labute approximate surface area is 186 Å². The van der Waals surface area contributed by atoms with Gasteiger partial charge in [0.15, 0.2) is 0 Å². The van der Waals surface area contributed by atoms with Crippen LogP contribution in [0.25, 0.3) is 0 Å². The molecule has 0 unspecified atom stereocenters. The van der Waals surface area contributed by atoms with Crippen LogP contribution in [-0.2, 0) is 16.0 Å². The number of carboxylic acid groups (broad SMARTS) is 1. The third-order valence-corrected chi connectivity index (χ3v) is 5.41. The summed E-state index contributed by atoms with van der Waals surface area (Å²) in [4.78, 5) is 25.8. The Morgan fingerprint density at radius 3 is 2.21 bits per heavy atom. The van der Waals surface area contributed by atoms with Crippen molar-refractivity contribution in [2.45, 2.75) is 38.5 Å². The minimum Gasteiger partial charge on any atom is -0.550 e. The van der Waals surface area contributed by atoms with Crippen LogP contribution in [0.2, 0.25) is 0 Å². The van der Waals surface area contributed by atoms with Gasteiger partial charge >= 0.3 is 51.4 Å². The summed E-state index contributed by atoms with van der Waals surface area (Å²) in [6, 6.07) is 9.45. The van der Waals surface area contributed by atoms with Gasteiger partial charge in [0, 0.05) is 31.4 Å². The van der Waals surface area contributed by atoms with Gasteiger partial charge in [0.2, 0.25) is 5.91 Å². The van der Waals surface area contributed by atoms with Crippen LogP contribution >= 0.6 is 0 Å². The van der Waals surface area contributed by atoms with Crippen LogP contribution in [0.15, 0.2) is 30.3 Å². The molecule has 1 amide bonds. The summed E-state index contributed by atoms with van der Waals surface area (Å²) in [6.45, 7) is 1.63. The maximum atomic E-state index is 12.5. The molecule has 0 N–H and O–H groups in total. The van der Waals surface area contributed by atoms with Crippen molar-refractivity contribution in [2.24, 2.45) is 17.8 Å². The zero-order chi connectivity index (χ0) is 16.2. The average Bonchev–Trinajstić information content (AvgIpc) is 2.99. The van der Waals surface area contributed by atoms with Gasteiger partial charge < -0.3 is 14.8 Å². The molecule has 1 heterocycles. The summed E-state index contributed by atoms with van der Waals surface area (Å²) >= 11 is 0. The summed E-state index contributed by atoms with van der Waals surface area (Å²) in [5.41, 5.74) is 0.935. The molecule has 24 heavy (non-hydrogen) atoms. The minimum absolute atomic E-state index is 0. The van der Waals surface area contributed by atoms with Crippen LogP contribution in [0, 0.1) is 17.8 Å². The number of carbonyl (C=O) groups excluding carboxylic acids is 2. The molecular weight excluding hydrogens is 329 g/mol. The summed E-state index contributed by atoms with van der Waals surface area (Å²) < 4.78 is 0. The molecule has 0 spiro atoms. The number of rotatable bonds is 5. The zero-order valence-corrected chi connectivity index (χ0v) is 17.6. The average molecular weight is 354 g/mol. The van der Waals surface area contributed by atoms with Crippen molar-refractivity contribution < 1.29 is 66.1 Å². The van der Waals surface area contributed by atoms with Crippen molar-refractivity contribution in [1.29, 1.82) is 0 Å². The number of nitrogens with zero attached hydrogens (tertiary/aromatic N) is 1. The number of hydrogen-bond donors (Lipinski definition) is 0. The largest absolute Gasteiger partial charge is 1.00 e. The van der Waals surface area contributed by atoms with E-state index in [-0.39, 0.29) is 63.7 Å². The van der Waals surface area contributed by atoms with Gasteiger partial charge in [0.25, 0.3) is 0 Å². The SMILES string of the molecule is O=C([O-])[C@H](CC(=O)N1C[C@H]2CCCC[C@H]2C1)Cc1ccccc1.[K+]. The molecule has 2 fully saturated rings. The standard InChI is InChI=1S/C19H25NO3.K/c21-18(20-12-15-8-4-5-9-16(15)13-20)11-17(19(22)23)10-14-6-2-1-3-7-14;/h1-3,6-7,15-17H,4-5,8-13H2,(H,22,23);/q;+1/p-1/t15-,16+,17-;/m0./s1. The Morgan fingerprint density at radius 2 is 1.67 bits per heavy atom. The molecule has 0 aromatic heterocycles. The molecule has 2 aliphatic rings. The molecule has 4 nitrogen and oxygen atoms in total. The van der Waals surface area contributed by atoms with E-state index in [1.165, 1.54) is 25.7 Å². The van der Waals surface area contributed by atoms with Crippen molar-refractivity contribution in [2.75, 3.05) is 13.1 Å². The fourth-order valence-electron chi connectivity index (χ4n) is 4.09. The first-order chi connectivity index (χ1) is 11.1. The number of likely N-dealkylation sites (tertiary alicyclic amines) is 1. The molecule has 3 rings (SSSR count). The molecule has 1 aliphatic heterocycles. The van der Waals surface area contributed by atoms with Crippen LogP contribution in [0.4, 0.5) is 0 Å². The van der Waals surface area contributed by atoms with E-state index < -0.39 is 11.9 Å². The number of amides is 1. The number of carbonyl (C=O) groups is 2. The Balaban J connectivity index is 0.00000208. The fraction of sp³-hybridized carbons (Fsp3) is 0.579. The molecule has 124 valence electrons. The van der Waals surface area contributed by atoms with Gasteiger partial charge in [-0.15, -0.1) is 0 Å². The molecule has 3 atom stereocenters. The molecule has 1 aromatic carbocycles. The fourth-order valence-corrected chi connectivity index (χ4v) is 4.09. The van der Waals surface area contributed by atoms with Gasteiger partial charge in [0.05, 0.1) is 0 Å². The molecule has 0 bridgehead atoms. The van der Waals surface area contributed by atoms with E-state index in [1.807, 2.05) is 35.2 Å². The second kappa shape index (κ2) is 9.48. The second-order valence-corrected chi connectivity index (χ2v) is 7.01. The number of fused-ring (bicyclic) bond motifs is 1. The van der Waals surface area contributed by atoms with Gasteiger partial charge in [-0.1, -0.05) is 43.2 Å². The summed E-state index contributed by atoms with van der Waals surface area (Å²) in [5.74, 6) is -0.637. The Hall–Kier alpha value is -0.204. The smallest absolute Gasteiger partial charge is 0.550 e. The molecular formula is C19H24KNO3. The summed E-state index contributed by atoms with van der Waals surface area (Å²) in [6.07, 6.45) is 5.36. The minimum atomic E-state index is -1.13. The Kier molecular flexibility index (Phi) is 7.95. The number of carboxylic acids is 1. The van der Waals surface area contributed by atoms with Crippen molar-refractivity contribution >= 4 is 11.9 Å². The van der Waals surface area contributed by atoms with Crippen molar-refractivity contribution in [3.63, 3.8) is 0 Å². The van der Waals surface area contributed by atoms with Crippen LogP contribution in [0.3, 0.4) is 0 Å². The molecule has 1 saturated carbocycles. The first-order valence-electron chi connectivity index (χ1n) is 8.66. The number of benzene rings is 1. The van der Waals surface area contributed by atoms with Crippen molar-refractivity contribution in [1.82, 2.24) is 4.90 Å². The van der Waals surface area contributed by atoms with E-state index in [9.17, 15) is 14.7 Å². The van der Waals surface area contributed by atoms with E-state index in [0.29, 0.717) is 18.3 Å². The van der Waals surface area contributed by atoms with Crippen molar-refractivity contribution in [3.8, 4) is 0 Å².